The van der Waals surface area contributed by atoms with Crippen LogP contribution in [0, 0.1) is 5.92 Å². The van der Waals surface area contributed by atoms with Gasteiger partial charge in [0, 0.05) is 12.5 Å². The molecule has 0 aromatic carbocycles. The molecule has 2 unspecified atom stereocenters. The Balaban J connectivity index is 2.62. The number of hydrogen-bond donors (Lipinski definition) is 2. The fraction of sp³-hybridized carbons (Fsp3) is 0.857. The zero-order valence-corrected chi connectivity index (χ0v) is 6.54. The lowest BCUT2D eigenvalue weighted by atomic mass is 9.86. The summed E-state index contributed by atoms with van der Waals surface area (Å²) in [4.78, 5) is 10.6. The predicted molar refractivity (Wildman–Crippen MR) is 39.2 cm³/mol. The second-order valence-electron chi connectivity index (χ2n) is 3.15. The van der Waals surface area contributed by atoms with Crippen molar-refractivity contribution in [3.8, 4) is 0 Å². The number of rotatable bonds is 2. The van der Waals surface area contributed by atoms with Crippen LogP contribution in [0.15, 0.2) is 0 Å². The van der Waals surface area contributed by atoms with Gasteiger partial charge in [0.15, 0.2) is 0 Å². The van der Waals surface area contributed by atoms with Crippen molar-refractivity contribution < 1.29 is 14.6 Å². The number of carboxylic acid groups (broad SMARTS) is 1. The second-order valence-corrected chi connectivity index (χ2v) is 3.15. The van der Waals surface area contributed by atoms with Gasteiger partial charge < -0.3 is 15.6 Å². The maximum atomic E-state index is 10.6. The molecule has 1 aliphatic heterocycles. The minimum Gasteiger partial charge on any atom is -0.480 e. The molecule has 0 amide bonds. The van der Waals surface area contributed by atoms with Gasteiger partial charge in [-0.05, 0) is 13.3 Å². The lowest BCUT2D eigenvalue weighted by Gasteiger charge is -2.24. The van der Waals surface area contributed by atoms with Gasteiger partial charge in [0.05, 0.1) is 6.61 Å². The Morgan fingerprint density at radius 1 is 1.82 bits per heavy atom. The van der Waals surface area contributed by atoms with Crippen molar-refractivity contribution in [3.63, 3.8) is 0 Å². The van der Waals surface area contributed by atoms with E-state index in [-0.39, 0.29) is 5.92 Å². The highest BCUT2D eigenvalue weighted by molar-refractivity contribution is 5.78. The van der Waals surface area contributed by atoms with Gasteiger partial charge in [-0.15, -0.1) is 0 Å². The van der Waals surface area contributed by atoms with Crippen LogP contribution in [0.3, 0.4) is 0 Å². The van der Waals surface area contributed by atoms with Crippen LogP contribution in [0.1, 0.15) is 13.3 Å². The Morgan fingerprint density at radius 2 is 2.45 bits per heavy atom. The zero-order valence-electron chi connectivity index (χ0n) is 6.54. The molecular weight excluding hydrogens is 146 g/mol. The van der Waals surface area contributed by atoms with Gasteiger partial charge in [0.25, 0.3) is 0 Å². The highest BCUT2D eigenvalue weighted by Gasteiger charge is 2.39. The summed E-state index contributed by atoms with van der Waals surface area (Å²) in [7, 11) is 0. The Morgan fingerprint density at radius 3 is 2.82 bits per heavy atom. The molecule has 1 aliphatic rings. The molecule has 1 heterocycles. The SMILES string of the molecule is CC(N)(C(=O)O)C1CCOC1. The molecule has 0 aliphatic carbocycles. The predicted octanol–water partition coefficient (Wildman–Crippen LogP) is -0.175. The van der Waals surface area contributed by atoms with E-state index in [4.69, 9.17) is 15.6 Å². The van der Waals surface area contributed by atoms with Gasteiger partial charge in [-0.2, -0.15) is 0 Å². The first kappa shape index (κ1) is 8.49. The summed E-state index contributed by atoms with van der Waals surface area (Å²) in [6, 6.07) is 0. The van der Waals surface area contributed by atoms with Gasteiger partial charge in [-0.25, -0.2) is 0 Å². The Kier molecular flexibility index (Phi) is 2.15. The van der Waals surface area contributed by atoms with Gasteiger partial charge in [0.1, 0.15) is 5.54 Å². The largest absolute Gasteiger partial charge is 0.480 e. The van der Waals surface area contributed by atoms with Gasteiger partial charge in [-0.1, -0.05) is 0 Å². The number of hydrogen-bond acceptors (Lipinski definition) is 3. The molecule has 1 rings (SSSR count). The summed E-state index contributed by atoms with van der Waals surface area (Å²) >= 11 is 0. The van der Waals surface area contributed by atoms with Crippen LogP contribution in [-0.2, 0) is 9.53 Å². The summed E-state index contributed by atoms with van der Waals surface area (Å²) in [5.41, 5.74) is 4.46. The fourth-order valence-corrected chi connectivity index (χ4v) is 1.18. The minimum absolute atomic E-state index is 0.0417. The minimum atomic E-state index is -1.13. The maximum absolute atomic E-state index is 10.6. The first-order valence-electron chi connectivity index (χ1n) is 3.65. The van der Waals surface area contributed by atoms with E-state index in [0.717, 1.165) is 6.42 Å². The van der Waals surface area contributed by atoms with Crippen LogP contribution in [0.25, 0.3) is 0 Å². The molecule has 0 radical (unpaired) electrons. The molecule has 4 nitrogen and oxygen atoms in total. The van der Waals surface area contributed by atoms with Crippen molar-refractivity contribution in [1.29, 1.82) is 0 Å². The van der Waals surface area contributed by atoms with E-state index >= 15 is 0 Å². The maximum Gasteiger partial charge on any atom is 0.323 e. The third kappa shape index (κ3) is 1.52. The number of nitrogens with two attached hydrogens (primary N) is 1. The van der Waals surface area contributed by atoms with Gasteiger partial charge in [0.2, 0.25) is 0 Å². The van der Waals surface area contributed by atoms with Crippen LogP contribution in [-0.4, -0.2) is 29.8 Å². The molecule has 0 bridgehead atoms. The molecular formula is C7H13NO3. The van der Waals surface area contributed by atoms with Crippen LogP contribution in [0.4, 0.5) is 0 Å². The highest BCUT2D eigenvalue weighted by atomic mass is 16.5. The highest BCUT2D eigenvalue weighted by Crippen LogP contribution is 2.23. The molecule has 0 spiro atoms. The molecule has 0 aromatic rings. The van der Waals surface area contributed by atoms with E-state index in [1.54, 1.807) is 0 Å². The third-order valence-electron chi connectivity index (χ3n) is 2.24. The lowest BCUT2D eigenvalue weighted by molar-refractivity contribution is -0.144. The van der Waals surface area contributed by atoms with Crippen LogP contribution < -0.4 is 5.73 Å². The second kappa shape index (κ2) is 2.79. The number of carbonyl (C=O) groups is 1. The van der Waals surface area contributed by atoms with Crippen molar-refractivity contribution in [2.24, 2.45) is 11.7 Å². The average molecular weight is 159 g/mol. The van der Waals surface area contributed by atoms with E-state index in [2.05, 4.69) is 0 Å². The molecule has 0 saturated carbocycles. The summed E-state index contributed by atoms with van der Waals surface area (Å²) in [5.74, 6) is -0.993. The molecule has 1 fully saturated rings. The smallest absolute Gasteiger partial charge is 0.323 e. The monoisotopic (exact) mass is 159 g/mol. The number of ether oxygens (including phenoxy) is 1. The summed E-state index contributed by atoms with van der Waals surface area (Å²) in [5, 5.41) is 8.72. The van der Waals surface area contributed by atoms with Crippen molar-refractivity contribution in [1.82, 2.24) is 0 Å². The number of aliphatic carboxylic acids is 1. The standard InChI is InChI=1S/C7H13NO3/c1-7(8,6(9)10)5-2-3-11-4-5/h5H,2-4,8H2,1H3,(H,9,10). The zero-order chi connectivity index (χ0) is 8.48. The van der Waals surface area contributed by atoms with Crippen LogP contribution >= 0.6 is 0 Å². The quantitative estimate of drug-likeness (QED) is 0.586. The topological polar surface area (TPSA) is 72.6 Å². The van der Waals surface area contributed by atoms with Crippen molar-refractivity contribution in [2.45, 2.75) is 18.9 Å². The average Bonchev–Trinajstić information content (AvgIpc) is 2.37. The first-order chi connectivity index (χ1) is 5.05. The Labute approximate surface area is 65.3 Å². The molecule has 11 heavy (non-hydrogen) atoms. The Hall–Kier alpha value is -0.610. The molecule has 1 saturated heterocycles. The van der Waals surface area contributed by atoms with Gasteiger partial charge >= 0.3 is 5.97 Å². The van der Waals surface area contributed by atoms with E-state index in [1.165, 1.54) is 6.92 Å². The van der Waals surface area contributed by atoms with Crippen molar-refractivity contribution in [3.05, 3.63) is 0 Å². The van der Waals surface area contributed by atoms with E-state index in [1.807, 2.05) is 0 Å². The number of carboxylic acids is 1. The van der Waals surface area contributed by atoms with E-state index in [9.17, 15) is 4.79 Å². The molecule has 4 heteroatoms. The van der Waals surface area contributed by atoms with Crippen LogP contribution in [0.2, 0.25) is 0 Å². The first-order valence-corrected chi connectivity index (χ1v) is 3.65. The van der Waals surface area contributed by atoms with Crippen molar-refractivity contribution >= 4 is 5.97 Å². The summed E-state index contributed by atoms with van der Waals surface area (Å²) in [6.45, 7) is 2.64. The van der Waals surface area contributed by atoms with Crippen molar-refractivity contribution in [2.75, 3.05) is 13.2 Å². The normalized spacial score (nSPS) is 29.8. The molecule has 64 valence electrons. The van der Waals surface area contributed by atoms with E-state index in [0.29, 0.717) is 13.2 Å². The summed E-state index contributed by atoms with van der Waals surface area (Å²) in [6.07, 6.45) is 0.749. The lowest BCUT2D eigenvalue weighted by Crippen LogP contribution is -2.51. The molecule has 0 aromatic heterocycles. The van der Waals surface area contributed by atoms with Gasteiger partial charge in [-0.3, -0.25) is 4.79 Å². The third-order valence-corrected chi connectivity index (χ3v) is 2.24. The molecule has 2 atom stereocenters. The fourth-order valence-electron chi connectivity index (χ4n) is 1.18. The summed E-state index contributed by atoms with van der Waals surface area (Å²) < 4.78 is 5.05. The Bertz CT molecular complexity index is 161. The van der Waals surface area contributed by atoms with Crippen LogP contribution in [0.5, 0.6) is 0 Å². The van der Waals surface area contributed by atoms with E-state index < -0.39 is 11.5 Å². The molecule has 3 N–H and O–H groups in total.